The topological polar surface area (TPSA) is 78.5 Å². The van der Waals surface area contributed by atoms with E-state index in [0.29, 0.717) is 25.9 Å². The van der Waals surface area contributed by atoms with Gasteiger partial charge in [-0.2, -0.15) is 0 Å². The van der Waals surface area contributed by atoms with Crippen LogP contribution in [0.4, 0.5) is 0 Å². The Hall–Kier alpha value is -0.660. The van der Waals surface area contributed by atoms with Gasteiger partial charge in [0, 0.05) is 20.1 Å². The molecule has 0 spiro atoms. The van der Waals surface area contributed by atoms with Crippen molar-refractivity contribution in [3.8, 4) is 0 Å². The molecule has 16 heavy (non-hydrogen) atoms. The number of nitrogens with one attached hydrogen (secondary N) is 2. The van der Waals surface area contributed by atoms with Crippen LogP contribution in [0.2, 0.25) is 0 Å². The molecule has 2 aliphatic rings. The molecule has 2 saturated heterocycles. The van der Waals surface area contributed by atoms with Crippen molar-refractivity contribution in [2.75, 3.05) is 26.7 Å². The third-order valence-electron chi connectivity index (χ3n) is 3.19. The highest BCUT2D eigenvalue weighted by Gasteiger charge is 2.36. The van der Waals surface area contributed by atoms with Crippen molar-refractivity contribution in [3.63, 3.8) is 0 Å². The van der Waals surface area contributed by atoms with Crippen LogP contribution in [0, 0.1) is 0 Å². The second-order valence-electron chi connectivity index (χ2n) is 4.38. The zero-order valence-corrected chi connectivity index (χ0v) is 10.1. The third kappa shape index (κ3) is 2.21. The van der Waals surface area contributed by atoms with Gasteiger partial charge in [-0.1, -0.05) is 0 Å². The molecule has 2 N–H and O–H groups in total. The zero-order valence-electron chi connectivity index (χ0n) is 9.27. The molecular weight excluding hydrogens is 230 g/mol. The summed E-state index contributed by atoms with van der Waals surface area (Å²) in [6.07, 6.45) is 1.18. The molecule has 92 valence electrons. The lowest BCUT2D eigenvalue weighted by Crippen LogP contribution is -2.45. The van der Waals surface area contributed by atoms with Gasteiger partial charge in [0.05, 0.1) is 5.25 Å². The van der Waals surface area contributed by atoms with Crippen LogP contribution >= 0.6 is 0 Å². The highest BCUT2D eigenvalue weighted by Crippen LogP contribution is 2.14. The molecule has 6 nitrogen and oxygen atoms in total. The van der Waals surface area contributed by atoms with E-state index in [4.69, 9.17) is 0 Å². The number of likely N-dealkylation sites (N-methyl/N-ethyl adjacent to an activating group) is 1. The van der Waals surface area contributed by atoms with Crippen LogP contribution in [0.25, 0.3) is 0 Å². The van der Waals surface area contributed by atoms with Gasteiger partial charge in [0.1, 0.15) is 6.04 Å². The van der Waals surface area contributed by atoms with Gasteiger partial charge in [-0.3, -0.25) is 4.79 Å². The summed E-state index contributed by atoms with van der Waals surface area (Å²) in [6, 6.07) is -0.560. The van der Waals surface area contributed by atoms with Crippen LogP contribution in [-0.2, 0) is 14.8 Å². The molecule has 0 aromatic heterocycles. The normalized spacial score (nSPS) is 31.3. The number of sulfonamides is 1. The Balaban J connectivity index is 2.01. The summed E-state index contributed by atoms with van der Waals surface area (Å²) < 4.78 is 26.4. The third-order valence-corrected chi connectivity index (χ3v) is 5.08. The molecule has 0 aliphatic carbocycles. The number of nitrogens with zero attached hydrogens (tertiary/aromatic N) is 1. The van der Waals surface area contributed by atoms with E-state index in [9.17, 15) is 13.2 Å². The quantitative estimate of drug-likeness (QED) is 0.636. The Morgan fingerprint density at radius 3 is 2.69 bits per heavy atom. The minimum Gasteiger partial charge on any atom is -0.344 e. The Bertz CT molecular complexity index is 375. The first-order chi connectivity index (χ1) is 7.50. The number of carbonyl (C=O) groups is 1. The van der Waals surface area contributed by atoms with Crippen molar-refractivity contribution in [2.45, 2.75) is 24.1 Å². The Morgan fingerprint density at radius 2 is 2.19 bits per heavy atom. The van der Waals surface area contributed by atoms with Gasteiger partial charge in [0.25, 0.3) is 0 Å². The minimum absolute atomic E-state index is 0.130. The van der Waals surface area contributed by atoms with Gasteiger partial charge in [0.2, 0.25) is 15.9 Å². The lowest BCUT2D eigenvalue weighted by molar-refractivity contribution is -0.127. The fourth-order valence-corrected chi connectivity index (χ4v) is 3.69. The van der Waals surface area contributed by atoms with E-state index in [1.807, 2.05) is 0 Å². The number of hydrogen-bond donors (Lipinski definition) is 2. The van der Waals surface area contributed by atoms with E-state index in [-0.39, 0.29) is 5.91 Å². The number of rotatable bonds is 3. The summed E-state index contributed by atoms with van der Waals surface area (Å²) in [5.41, 5.74) is 0. The first-order valence-corrected chi connectivity index (χ1v) is 7.02. The number of hydrogen-bond acceptors (Lipinski definition) is 4. The predicted octanol–water partition coefficient (Wildman–Crippen LogP) is -1.50. The van der Waals surface area contributed by atoms with Gasteiger partial charge in [-0.25, -0.2) is 13.1 Å². The summed E-state index contributed by atoms with van der Waals surface area (Å²) in [7, 11) is -1.67. The Kier molecular flexibility index (Phi) is 3.18. The van der Waals surface area contributed by atoms with Crippen LogP contribution < -0.4 is 10.0 Å². The highest BCUT2D eigenvalue weighted by molar-refractivity contribution is 7.90. The lowest BCUT2D eigenvalue weighted by atomic mass is 10.3. The van der Waals surface area contributed by atoms with Crippen LogP contribution in [0.5, 0.6) is 0 Å². The van der Waals surface area contributed by atoms with E-state index in [1.54, 1.807) is 11.9 Å². The first kappa shape index (κ1) is 11.8. The monoisotopic (exact) mass is 247 g/mol. The summed E-state index contributed by atoms with van der Waals surface area (Å²) in [5.74, 6) is -0.130. The molecule has 2 unspecified atom stereocenters. The second-order valence-corrected chi connectivity index (χ2v) is 6.37. The fourth-order valence-electron chi connectivity index (χ4n) is 2.12. The van der Waals surface area contributed by atoms with Crippen molar-refractivity contribution in [1.82, 2.24) is 14.9 Å². The average molecular weight is 247 g/mol. The molecule has 0 bridgehead atoms. The minimum atomic E-state index is -3.36. The molecule has 2 aliphatic heterocycles. The van der Waals surface area contributed by atoms with Crippen molar-refractivity contribution < 1.29 is 13.2 Å². The summed E-state index contributed by atoms with van der Waals surface area (Å²) in [5, 5.41) is 2.61. The summed E-state index contributed by atoms with van der Waals surface area (Å²) in [4.78, 5) is 13.1. The van der Waals surface area contributed by atoms with Crippen molar-refractivity contribution in [1.29, 1.82) is 0 Å². The van der Waals surface area contributed by atoms with Crippen LogP contribution in [0.15, 0.2) is 0 Å². The molecule has 7 heteroatoms. The predicted molar refractivity (Wildman–Crippen MR) is 59.4 cm³/mol. The number of amides is 1. The van der Waals surface area contributed by atoms with E-state index in [2.05, 4.69) is 10.0 Å². The smallest absolute Gasteiger partial charge is 0.240 e. The van der Waals surface area contributed by atoms with E-state index < -0.39 is 21.3 Å². The maximum Gasteiger partial charge on any atom is 0.240 e. The van der Waals surface area contributed by atoms with Crippen molar-refractivity contribution in [2.24, 2.45) is 0 Å². The standard InChI is InChI=1S/C9H17N3O3S/c1-12-5-3-8(9(12)13)11-16(14,15)7-2-4-10-6-7/h7-8,10-11H,2-6H2,1H3. The highest BCUT2D eigenvalue weighted by atomic mass is 32.2. The van der Waals surface area contributed by atoms with Crippen molar-refractivity contribution in [3.05, 3.63) is 0 Å². The largest absolute Gasteiger partial charge is 0.344 e. The summed E-state index contributed by atoms with van der Waals surface area (Å²) in [6.45, 7) is 1.82. The number of carbonyl (C=O) groups excluding carboxylic acids is 1. The van der Waals surface area contributed by atoms with Gasteiger partial charge in [0.15, 0.2) is 0 Å². The molecular formula is C9H17N3O3S. The van der Waals surface area contributed by atoms with Gasteiger partial charge in [-0.05, 0) is 19.4 Å². The molecule has 0 saturated carbocycles. The Morgan fingerprint density at radius 1 is 1.44 bits per heavy atom. The van der Waals surface area contributed by atoms with Crippen LogP contribution in [-0.4, -0.2) is 57.2 Å². The molecule has 0 radical (unpaired) electrons. The van der Waals surface area contributed by atoms with E-state index in [1.165, 1.54) is 0 Å². The van der Waals surface area contributed by atoms with E-state index >= 15 is 0 Å². The summed E-state index contributed by atoms with van der Waals surface area (Å²) >= 11 is 0. The van der Waals surface area contributed by atoms with Gasteiger partial charge in [-0.15, -0.1) is 0 Å². The zero-order chi connectivity index (χ0) is 11.8. The average Bonchev–Trinajstić information content (AvgIpc) is 2.83. The Labute approximate surface area is 95.4 Å². The fraction of sp³-hybridized carbons (Fsp3) is 0.889. The van der Waals surface area contributed by atoms with Crippen LogP contribution in [0.3, 0.4) is 0 Å². The van der Waals surface area contributed by atoms with Crippen molar-refractivity contribution >= 4 is 15.9 Å². The molecule has 2 rings (SSSR count). The lowest BCUT2D eigenvalue weighted by Gasteiger charge is -2.16. The SMILES string of the molecule is CN1CCC(NS(=O)(=O)C2CCNC2)C1=O. The number of likely N-dealkylation sites (tertiary alicyclic amines) is 1. The van der Waals surface area contributed by atoms with E-state index in [0.717, 1.165) is 6.54 Å². The van der Waals surface area contributed by atoms with Crippen LogP contribution in [0.1, 0.15) is 12.8 Å². The molecule has 0 aromatic carbocycles. The molecule has 2 atom stereocenters. The van der Waals surface area contributed by atoms with Gasteiger partial charge < -0.3 is 10.2 Å². The maximum atomic E-state index is 11.9. The molecule has 2 fully saturated rings. The molecule has 1 amide bonds. The van der Waals surface area contributed by atoms with Gasteiger partial charge >= 0.3 is 0 Å². The molecule has 2 heterocycles. The second kappa shape index (κ2) is 4.31. The first-order valence-electron chi connectivity index (χ1n) is 5.47. The maximum absolute atomic E-state index is 11.9. The molecule has 0 aromatic rings.